The highest BCUT2D eigenvalue weighted by Crippen LogP contribution is 2.24. The van der Waals surface area contributed by atoms with Gasteiger partial charge in [-0.2, -0.15) is 5.10 Å². The lowest BCUT2D eigenvalue weighted by atomic mass is 10.2. The molecule has 5 N–H and O–H groups in total. The summed E-state index contributed by atoms with van der Waals surface area (Å²) in [7, 11) is 0. The van der Waals surface area contributed by atoms with Gasteiger partial charge in [-0.05, 0) is 25.1 Å². The van der Waals surface area contributed by atoms with Crippen LogP contribution in [-0.2, 0) is 6.42 Å². The first-order chi connectivity index (χ1) is 7.74. The predicted molar refractivity (Wildman–Crippen MR) is 62.4 cm³/mol. The summed E-state index contributed by atoms with van der Waals surface area (Å²) in [6, 6.07) is 6.92. The van der Waals surface area contributed by atoms with Crippen molar-refractivity contribution in [2.24, 2.45) is 5.73 Å². The van der Waals surface area contributed by atoms with Gasteiger partial charge >= 0.3 is 0 Å². The number of hydrogen-bond donors (Lipinski definition) is 3. The molecule has 1 heterocycles. The lowest BCUT2D eigenvalue weighted by Crippen LogP contribution is -2.06. The van der Waals surface area contributed by atoms with Gasteiger partial charge in [-0.25, -0.2) is 4.68 Å². The molecule has 5 nitrogen and oxygen atoms in total. The molecule has 1 aromatic carbocycles. The van der Waals surface area contributed by atoms with Gasteiger partial charge in [-0.15, -0.1) is 0 Å². The number of nitrogens with two attached hydrogens (primary N) is 2. The van der Waals surface area contributed by atoms with Crippen molar-refractivity contribution < 1.29 is 5.11 Å². The molecule has 0 aliphatic heterocycles. The molecule has 16 heavy (non-hydrogen) atoms. The Kier molecular flexibility index (Phi) is 2.78. The maximum absolute atomic E-state index is 9.69. The van der Waals surface area contributed by atoms with E-state index >= 15 is 0 Å². The normalized spacial score (nSPS) is 10.6. The average Bonchev–Trinajstić information content (AvgIpc) is 2.62. The van der Waals surface area contributed by atoms with E-state index in [4.69, 9.17) is 11.5 Å². The minimum atomic E-state index is 0.150. The van der Waals surface area contributed by atoms with Crippen molar-refractivity contribution in [3.8, 4) is 11.4 Å². The molecule has 0 saturated heterocycles. The number of benzene rings is 1. The van der Waals surface area contributed by atoms with Crippen LogP contribution in [0.25, 0.3) is 5.69 Å². The number of aromatic nitrogens is 2. The average molecular weight is 218 g/mol. The molecule has 0 radical (unpaired) electrons. The van der Waals surface area contributed by atoms with E-state index in [-0.39, 0.29) is 5.75 Å². The summed E-state index contributed by atoms with van der Waals surface area (Å²) in [6.07, 6.45) is 2.36. The Hall–Kier alpha value is -2.01. The zero-order valence-electron chi connectivity index (χ0n) is 8.80. The zero-order chi connectivity index (χ0) is 11.5. The van der Waals surface area contributed by atoms with Gasteiger partial charge in [0.15, 0.2) is 0 Å². The van der Waals surface area contributed by atoms with Crippen molar-refractivity contribution >= 4 is 5.82 Å². The van der Waals surface area contributed by atoms with Gasteiger partial charge in [0.05, 0.1) is 6.20 Å². The van der Waals surface area contributed by atoms with Crippen LogP contribution in [0.5, 0.6) is 5.75 Å². The summed E-state index contributed by atoms with van der Waals surface area (Å²) in [5.74, 6) is 0.670. The fourth-order valence-corrected chi connectivity index (χ4v) is 1.58. The van der Waals surface area contributed by atoms with E-state index in [1.165, 1.54) is 4.68 Å². The SMILES string of the molecule is NCCc1cnn(-c2ccccc2O)c1N. The highest BCUT2D eigenvalue weighted by atomic mass is 16.3. The van der Waals surface area contributed by atoms with Crippen LogP contribution in [-0.4, -0.2) is 21.4 Å². The van der Waals surface area contributed by atoms with E-state index in [1.54, 1.807) is 24.4 Å². The Morgan fingerprint density at radius 2 is 2.06 bits per heavy atom. The minimum Gasteiger partial charge on any atom is -0.506 e. The molecule has 0 unspecified atom stereocenters. The molecule has 0 atom stereocenters. The largest absolute Gasteiger partial charge is 0.506 e. The molecule has 0 aliphatic carbocycles. The number of aromatic hydroxyl groups is 1. The Bertz CT molecular complexity index is 492. The molecule has 0 spiro atoms. The summed E-state index contributed by atoms with van der Waals surface area (Å²) >= 11 is 0. The highest BCUT2D eigenvalue weighted by Gasteiger charge is 2.10. The number of hydrogen-bond acceptors (Lipinski definition) is 4. The van der Waals surface area contributed by atoms with E-state index in [0.29, 0.717) is 24.5 Å². The number of phenolic OH excluding ortho intramolecular Hbond substituents is 1. The molecule has 2 rings (SSSR count). The first-order valence-electron chi connectivity index (χ1n) is 5.05. The maximum Gasteiger partial charge on any atom is 0.141 e. The molecule has 5 heteroatoms. The van der Waals surface area contributed by atoms with Crippen LogP contribution in [0.2, 0.25) is 0 Å². The van der Waals surface area contributed by atoms with Gasteiger partial charge in [0, 0.05) is 5.56 Å². The maximum atomic E-state index is 9.69. The third kappa shape index (κ3) is 1.72. The standard InChI is InChI=1S/C11H14N4O/c12-6-5-8-7-14-15(11(8)13)9-3-1-2-4-10(9)16/h1-4,7,16H,5-6,12-13H2. The van der Waals surface area contributed by atoms with Crippen molar-refractivity contribution in [2.45, 2.75) is 6.42 Å². The number of phenols is 1. The Labute approximate surface area is 93.3 Å². The number of anilines is 1. The van der Waals surface area contributed by atoms with Crippen molar-refractivity contribution in [1.82, 2.24) is 9.78 Å². The van der Waals surface area contributed by atoms with E-state index in [2.05, 4.69) is 5.10 Å². The zero-order valence-corrected chi connectivity index (χ0v) is 8.80. The topological polar surface area (TPSA) is 90.1 Å². The molecule has 84 valence electrons. The van der Waals surface area contributed by atoms with Crippen LogP contribution in [0.15, 0.2) is 30.5 Å². The molecule has 0 aliphatic rings. The quantitative estimate of drug-likeness (QED) is 0.706. The van der Waals surface area contributed by atoms with E-state index < -0.39 is 0 Å². The van der Waals surface area contributed by atoms with Crippen molar-refractivity contribution in [3.05, 3.63) is 36.0 Å². The molecule has 1 aromatic heterocycles. The number of para-hydroxylation sites is 2. The van der Waals surface area contributed by atoms with E-state index in [1.807, 2.05) is 6.07 Å². The second-order valence-corrected chi connectivity index (χ2v) is 3.49. The van der Waals surface area contributed by atoms with Gasteiger partial charge in [-0.3, -0.25) is 0 Å². The number of rotatable bonds is 3. The molecule has 0 fully saturated rings. The highest BCUT2D eigenvalue weighted by molar-refractivity contribution is 5.52. The first-order valence-corrected chi connectivity index (χ1v) is 5.05. The first kappa shape index (κ1) is 10.5. The number of nitrogen functional groups attached to an aromatic ring is 1. The summed E-state index contributed by atoms with van der Waals surface area (Å²) < 4.78 is 1.51. The molecule has 0 saturated carbocycles. The van der Waals surface area contributed by atoms with Crippen molar-refractivity contribution in [3.63, 3.8) is 0 Å². The van der Waals surface area contributed by atoms with Crippen molar-refractivity contribution in [2.75, 3.05) is 12.3 Å². The molecule has 2 aromatic rings. The summed E-state index contributed by atoms with van der Waals surface area (Å²) in [6.45, 7) is 0.524. The Morgan fingerprint density at radius 3 is 2.75 bits per heavy atom. The van der Waals surface area contributed by atoms with E-state index in [0.717, 1.165) is 5.56 Å². The third-order valence-corrected chi connectivity index (χ3v) is 2.41. The lowest BCUT2D eigenvalue weighted by molar-refractivity contribution is 0.470. The van der Waals surface area contributed by atoms with Crippen LogP contribution in [0.1, 0.15) is 5.56 Å². The monoisotopic (exact) mass is 218 g/mol. The summed E-state index contributed by atoms with van der Waals surface area (Å²) in [4.78, 5) is 0. The van der Waals surface area contributed by atoms with Gasteiger partial charge < -0.3 is 16.6 Å². The van der Waals surface area contributed by atoms with Crippen LogP contribution in [0.3, 0.4) is 0 Å². The third-order valence-electron chi connectivity index (χ3n) is 2.41. The molecule has 0 amide bonds. The van der Waals surface area contributed by atoms with Crippen LogP contribution in [0, 0.1) is 0 Å². The smallest absolute Gasteiger partial charge is 0.141 e. The van der Waals surface area contributed by atoms with Gasteiger partial charge in [-0.1, -0.05) is 12.1 Å². The lowest BCUT2D eigenvalue weighted by Gasteiger charge is -2.06. The second kappa shape index (κ2) is 4.24. The summed E-state index contributed by atoms with van der Waals surface area (Å²) in [5.41, 5.74) is 12.9. The van der Waals surface area contributed by atoms with Crippen LogP contribution in [0.4, 0.5) is 5.82 Å². The Morgan fingerprint density at radius 1 is 1.31 bits per heavy atom. The van der Waals surface area contributed by atoms with Gasteiger partial charge in [0.1, 0.15) is 17.3 Å². The molecule has 0 bridgehead atoms. The predicted octanol–water partition coefficient (Wildman–Crippen LogP) is 0.661. The van der Waals surface area contributed by atoms with Gasteiger partial charge in [0.25, 0.3) is 0 Å². The second-order valence-electron chi connectivity index (χ2n) is 3.49. The van der Waals surface area contributed by atoms with Gasteiger partial charge in [0.2, 0.25) is 0 Å². The fourth-order valence-electron chi connectivity index (χ4n) is 1.58. The number of nitrogens with zero attached hydrogens (tertiary/aromatic N) is 2. The fraction of sp³-hybridized carbons (Fsp3) is 0.182. The minimum absolute atomic E-state index is 0.150. The Balaban J connectivity index is 2.45. The van der Waals surface area contributed by atoms with Crippen LogP contribution >= 0.6 is 0 Å². The summed E-state index contributed by atoms with van der Waals surface area (Å²) in [5, 5.41) is 13.8. The van der Waals surface area contributed by atoms with Crippen LogP contribution < -0.4 is 11.5 Å². The molecular formula is C11H14N4O. The van der Waals surface area contributed by atoms with E-state index in [9.17, 15) is 5.11 Å². The van der Waals surface area contributed by atoms with Crippen molar-refractivity contribution in [1.29, 1.82) is 0 Å². The molecular weight excluding hydrogens is 204 g/mol.